The predicted molar refractivity (Wildman–Crippen MR) is 80.7 cm³/mol. The number of alkyl halides is 1. The number of unbranched alkanes of at least 4 members (excludes halogenated alkanes) is 1. The molecule has 0 radical (unpaired) electrons. The van der Waals surface area contributed by atoms with Gasteiger partial charge in [-0.25, -0.2) is 0 Å². The highest BCUT2D eigenvalue weighted by molar-refractivity contribution is 9.10. The molecule has 1 nitrogen and oxygen atoms in total. The molecular weight excluding hydrogens is 288 g/mol. The minimum absolute atomic E-state index is 0.305. The Labute approximate surface area is 118 Å². The van der Waals surface area contributed by atoms with Gasteiger partial charge >= 0.3 is 0 Å². The third-order valence-corrected chi connectivity index (χ3v) is 3.88. The Morgan fingerprint density at radius 2 is 2.06 bits per heavy atom. The van der Waals surface area contributed by atoms with Crippen molar-refractivity contribution in [3.8, 4) is 0 Å². The van der Waals surface area contributed by atoms with Crippen molar-refractivity contribution in [3.63, 3.8) is 0 Å². The van der Waals surface area contributed by atoms with E-state index in [1.807, 2.05) is 6.07 Å². The van der Waals surface area contributed by atoms with E-state index in [-0.39, 0.29) is 4.51 Å². The van der Waals surface area contributed by atoms with Crippen LogP contribution in [0.4, 0.5) is 0 Å². The summed E-state index contributed by atoms with van der Waals surface area (Å²) in [5, 5.41) is 0. The number of hydrogen-bond donors (Lipinski definition) is 0. The summed E-state index contributed by atoms with van der Waals surface area (Å²) in [4.78, 5) is 0. The largest absolute Gasteiger partial charge is 0.360 e. The first kappa shape index (κ1) is 13.6. The number of allylic oxidation sites excluding steroid dienone is 2. The third-order valence-electron chi connectivity index (χ3n) is 3.06. The maximum Gasteiger partial charge on any atom is 0.145 e. The van der Waals surface area contributed by atoms with E-state index in [1.165, 1.54) is 11.1 Å². The van der Waals surface area contributed by atoms with Crippen LogP contribution in [0.1, 0.15) is 31.7 Å². The highest BCUT2D eigenvalue weighted by Crippen LogP contribution is 2.34. The van der Waals surface area contributed by atoms with Crippen molar-refractivity contribution in [3.05, 3.63) is 54.1 Å². The van der Waals surface area contributed by atoms with Gasteiger partial charge in [0.05, 0.1) is 0 Å². The first-order valence-electron chi connectivity index (χ1n) is 6.51. The maximum absolute atomic E-state index is 5.88. The Morgan fingerprint density at radius 3 is 2.67 bits per heavy atom. The molecule has 96 valence electrons. The van der Waals surface area contributed by atoms with Crippen LogP contribution in [0.15, 0.2) is 48.6 Å². The van der Waals surface area contributed by atoms with Gasteiger partial charge in [-0.1, -0.05) is 55.8 Å². The van der Waals surface area contributed by atoms with E-state index in [1.54, 1.807) is 0 Å². The van der Waals surface area contributed by atoms with Gasteiger partial charge in [-0.3, -0.25) is 0 Å². The molecule has 2 rings (SSSR count). The molecule has 0 saturated heterocycles. The summed E-state index contributed by atoms with van der Waals surface area (Å²) >= 11 is 3.67. The molecule has 1 aliphatic rings. The van der Waals surface area contributed by atoms with Crippen LogP contribution in [0.2, 0.25) is 0 Å². The highest BCUT2D eigenvalue weighted by Gasteiger charge is 2.25. The smallest absolute Gasteiger partial charge is 0.145 e. The summed E-state index contributed by atoms with van der Waals surface area (Å²) in [6.07, 6.45) is 9.63. The molecule has 0 N–H and O–H groups in total. The minimum Gasteiger partial charge on any atom is -0.360 e. The van der Waals surface area contributed by atoms with Gasteiger partial charge in [-0.05, 0) is 39.6 Å². The summed E-state index contributed by atoms with van der Waals surface area (Å²) in [5.41, 5.74) is 2.53. The lowest BCUT2D eigenvalue weighted by molar-refractivity contribution is 0.0644. The topological polar surface area (TPSA) is 9.23 Å². The third kappa shape index (κ3) is 3.56. The van der Waals surface area contributed by atoms with Gasteiger partial charge in [-0.15, -0.1) is 0 Å². The average molecular weight is 307 g/mol. The lowest BCUT2D eigenvalue weighted by Crippen LogP contribution is -2.23. The zero-order valence-corrected chi connectivity index (χ0v) is 12.3. The summed E-state index contributed by atoms with van der Waals surface area (Å²) in [6.45, 7) is 2.98. The van der Waals surface area contributed by atoms with Crippen LogP contribution < -0.4 is 0 Å². The zero-order chi connectivity index (χ0) is 12.8. The molecule has 1 aromatic carbocycles. The molecule has 0 bridgehead atoms. The van der Waals surface area contributed by atoms with Crippen LogP contribution in [0.5, 0.6) is 0 Å². The van der Waals surface area contributed by atoms with Gasteiger partial charge in [0, 0.05) is 13.0 Å². The predicted octanol–water partition coefficient (Wildman–Crippen LogP) is 4.94. The SMILES string of the molecule is CCCCOC1(Br)C=CC(c2ccccc2)=CC1. The van der Waals surface area contributed by atoms with Crippen molar-refractivity contribution in [1.29, 1.82) is 0 Å². The molecular formula is C16H19BrO. The summed E-state index contributed by atoms with van der Waals surface area (Å²) in [7, 11) is 0. The van der Waals surface area contributed by atoms with Crippen LogP contribution in [0.25, 0.3) is 5.57 Å². The summed E-state index contributed by atoms with van der Waals surface area (Å²) in [5.74, 6) is 0. The maximum atomic E-state index is 5.88. The fraction of sp³-hybridized carbons (Fsp3) is 0.375. The average Bonchev–Trinajstić information content (AvgIpc) is 2.41. The number of ether oxygens (including phenoxy) is 1. The summed E-state index contributed by atoms with van der Waals surface area (Å²) in [6, 6.07) is 10.4. The lowest BCUT2D eigenvalue weighted by atomic mass is 9.98. The van der Waals surface area contributed by atoms with Crippen LogP contribution in [-0.2, 0) is 4.74 Å². The second-order valence-corrected chi connectivity index (χ2v) is 5.89. The molecule has 0 heterocycles. The zero-order valence-electron chi connectivity index (χ0n) is 10.7. The molecule has 1 aromatic rings. The van der Waals surface area contributed by atoms with E-state index in [9.17, 15) is 0 Å². The molecule has 1 unspecified atom stereocenters. The lowest BCUT2D eigenvalue weighted by Gasteiger charge is -2.26. The first-order chi connectivity index (χ1) is 8.73. The van der Waals surface area contributed by atoms with Crippen molar-refractivity contribution in [1.82, 2.24) is 0 Å². The number of benzene rings is 1. The van der Waals surface area contributed by atoms with E-state index in [4.69, 9.17) is 4.74 Å². The molecule has 0 aliphatic heterocycles. The highest BCUT2D eigenvalue weighted by atomic mass is 79.9. The Bertz CT molecular complexity index is 436. The normalized spacial score (nSPS) is 22.9. The fourth-order valence-corrected chi connectivity index (χ4v) is 2.39. The molecule has 0 spiro atoms. The van der Waals surface area contributed by atoms with Gasteiger partial charge in [-0.2, -0.15) is 0 Å². The molecule has 2 heteroatoms. The van der Waals surface area contributed by atoms with E-state index < -0.39 is 0 Å². The van der Waals surface area contributed by atoms with Gasteiger partial charge in [0.2, 0.25) is 0 Å². The van der Waals surface area contributed by atoms with Crippen LogP contribution >= 0.6 is 15.9 Å². The van der Waals surface area contributed by atoms with Gasteiger partial charge in [0.1, 0.15) is 4.51 Å². The van der Waals surface area contributed by atoms with Crippen molar-refractivity contribution in [2.24, 2.45) is 0 Å². The van der Waals surface area contributed by atoms with E-state index in [0.717, 1.165) is 25.9 Å². The standard InChI is InChI=1S/C16H19BrO/c1-2-3-13-18-16(17)11-9-15(10-12-16)14-7-5-4-6-8-14/h4-11H,2-3,12-13H2,1H3. The van der Waals surface area contributed by atoms with Crippen molar-refractivity contribution in [2.75, 3.05) is 6.61 Å². The minimum atomic E-state index is -0.305. The van der Waals surface area contributed by atoms with E-state index >= 15 is 0 Å². The fourth-order valence-electron chi connectivity index (χ4n) is 1.94. The van der Waals surface area contributed by atoms with Crippen LogP contribution in [0, 0.1) is 0 Å². The monoisotopic (exact) mass is 306 g/mol. The van der Waals surface area contributed by atoms with E-state index in [2.05, 4.69) is 65.3 Å². The Morgan fingerprint density at radius 1 is 1.28 bits per heavy atom. The second-order valence-electron chi connectivity index (χ2n) is 4.55. The molecule has 1 aliphatic carbocycles. The van der Waals surface area contributed by atoms with Crippen molar-refractivity contribution in [2.45, 2.75) is 30.7 Å². The van der Waals surface area contributed by atoms with Crippen molar-refractivity contribution < 1.29 is 4.74 Å². The van der Waals surface area contributed by atoms with Crippen molar-refractivity contribution >= 4 is 21.5 Å². The van der Waals surface area contributed by atoms with Gasteiger partial charge < -0.3 is 4.74 Å². The Balaban J connectivity index is 1.98. The molecule has 18 heavy (non-hydrogen) atoms. The number of halogens is 1. The quantitative estimate of drug-likeness (QED) is 0.553. The molecule has 0 fully saturated rings. The van der Waals surface area contributed by atoms with E-state index in [0.29, 0.717) is 0 Å². The Kier molecular flexibility index (Phi) is 4.79. The molecule has 1 atom stereocenters. The molecule has 0 aromatic heterocycles. The Hall–Kier alpha value is -0.860. The first-order valence-corrected chi connectivity index (χ1v) is 7.30. The molecule has 0 saturated carbocycles. The second kappa shape index (κ2) is 6.35. The number of rotatable bonds is 5. The molecule has 0 amide bonds. The van der Waals surface area contributed by atoms with Crippen LogP contribution in [0.3, 0.4) is 0 Å². The van der Waals surface area contributed by atoms with Gasteiger partial charge in [0.15, 0.2) is 0 Å². The summed E-state index contributed by atoms with van der Waals surface area (Å²) < 4.78 is 5.58. The number of hydrogen-bond acceptors (Lipinski definition) is 1. The van der Waals surface area contributed by atoms with Crippen LogP contribution in [-0.4, -0.2) is 11.1 Å². The van der Waals surface area contributed by atoms with Gasteiger partial charge in [0.25, 0.3) is 0 Å².